The second-order valence-corrected chi connectivity index (χ2v) is 9.38. The lowest BCUT2D eigenvalue weighted by atomic mass is 9.91. The lowest BCUT2D eigenvalue weighted by Gasteiger charge is -2.41. The Balaban J connectivity index is 1.97. The van der Waals surface area contributed by atoms with Crippen molar-refractivity contribution in [1.29, 1.82) is 0 Å². The van der Waals surface area contributed by atoms with Crippen molar-refractivity contribution in [2.75, 3.05) is 24.1 Å². The van der Waals surface area contributed by atoms with Gasteiger partial charge in [-0.1, -0.05) is 24.3 Å². The highest BCUT2D eigenvalue weighted by Gasteiger charge is 2.45. The molecule has 1 saturated heterocycles. The van der Waals surface area contributed by atoms with Crippen molar-refractivity contribution >= 4 is 15.7 Å². The SMILES string of the molecule is Cc1cccc(O[C@@H]2OC(CO)[C@H](O)[C@H](O)C2CN)c1-c1cccc(NS(C)(=O)=O)c1. The van der Waals surface area contributed by atoms with Crippen LogP contribution in [0.15, 0.2) is 42.5 Å². The lowest BCUT2D eigenvalue weighted by molar-refractivity contribution is -0.257. The number of aliphatic hydroxyl groups excluding tert-OH is 3. The molecule has 170 valence electrons. The van der Waals surface area contributed by atoms with Crippen LogP contribution >= 0.6 is 0 Å². The van der Waals surface area contributed by atoms with Crippen molar-refractivity contribution < 1.29 is 33.2 Å². The van der Waals surface area contributed by atoms with Gasteiger partial charge >= 0.3 is 0 Å². The van der Waals surface area contributed by atoms with Gasteiger partial charge in [0.15, 0.2) is 0 Å². The van der Waals surface area contributed by atoms with Gasteiger partial charge in [-0.3, -0.25) is 4.72 Å². The van der Waals surface area contributed by atoms with Crippen molar-refractivity contribution in [3.8, 4) is 16.9 Å². The van der Waals surface area contributed by atoms with Gasteiger partial charge in [0, 0.05) is 17.8 Å². The standard InChI is InChI=1S/C21H28N2O7S/c1-12-5-3-8-16(18(12)13-6-4-7-14(9-13)23-31(2,27)28)29-21-15(10-22)19(25)20(26)17(11-24)30-21/h3-9,15,17,19-21,23-26H,10-11,22H2,1-2H3/t15?,17?,19-,20+,21-/m1/s1. The zero-order valence-corrected chi connectivity index (χ0v) is 18.1. The summed E-state index contributed by atoms with van der Waals surface area (Å²) in [5.41, 5.74) is 8.48. The summed E-state index contributed by atoms with van der Waals surface area (Å²) in [6.07, 6.45) is -3.45. The van der Waals surface area contributed by atoms with Crippen LogP contribution in [0.5, 0.6) is 5.75 Å². The van der Waals surface area contributed by atoms with E-state index in [0.717, 1.165) is 11.8 Å². The van der Waals surface area contributed by atoms with Crippen LogP contribution < -0.4 is 15.2 Å². The van der Waals surface area contributed by atoms with Gasteiger partial charge in [0.2, 0.25) is 16.3 Å². The molecule has 1 aliphatic rings. The molecule has 6 N–H and O–H groups in total. The molecule has 0 bridgehead atoms. The van der Waals surface area contributed by atoms with Crippen LogP contribution in [0.25, 0.3) is 11.1 Å². The van der Waals surface area contributed by atoms with Gasteiger partial charge in [0.05, 0.1) is 24.9 Å². The highest BCUT2D eigenvalue weighted by molar-refractivity contribution is 7.92. The first kappa shape index (κ1) is 23.5. The normalized spacial score (nSPS) is 26.5. The molecule has 9 nitrogen and oxygen atoms in total. The summed E-state index contributed by atoms with van der Waals surface area (Å²) in [5, 5.41) is 30.0. The summed E-state index contributed by atoms with van der Waals surface area (Å²) in [6.45, 7) is 1.39. The fourth-order valence-corrected chi connectivity index (χ4v) is 4.25. The van der Waals surface area contributed by atoms with E-state index in [4.69, 9.17) is 15.2 Å². The third-order valence-corrected chi connectivity index (χ3v) is 5.82. The second-order valence-electron chi connectivity index (χ2n) is 7.63. The van der Waals surface area contributed by atoms with Gasteiger partial charge in [-0.25, -0.2) is 8.42 Å². The average molecular weight is 453 g/mol. The fraction of sp³-hybridized carbons (Fsp3) is 0.429. The predicted octanol–water partition coefficient (Wildman–Crippen LogP) is 0.426. The van der Waals surface area contributed by atoms with Gasteiger partial charge in [-0.2, -0.15) is 0 Å². The smallest absolute Gasteiger partial charge is 0.229 e. The Kier molecular flexibility index (Phi) is 7.20. The van der Waals surface area contributed by atoms with Crippen LogP contribution in [0.2, 0.25) is 0 Å². The van der Waals surface area contributed by atoms with E-state index < -0.39 is 47.2 Å². The van der Waals surface area contributed by atoms with E-state index in [-0.39, 0.29) is 6.54 Å². The molecule has 0 amide bonds. The van der Waals surface area contributed by atoms with Crippen LogP contribution in [0.3, 0.4) is 0 Å². The molecule has 0 spiro atoms. The molecule has 2 unspecified atom stereocenters. The molecule has 0 aliphatic carbocycles. The number of hydrogen-bond acceptors (Lipinski definition) is 8. The highest BCUT2D eigenvalue weighted by atomic mass is 32.2. The molecule has 0 radical (unpaired) electrons. The molecular weight excluding hydrogens is 424 g/mol. The van der Waals surface area contributed by atoms with Crippen molar-refractivity contribution in [2.45, 2.75) is 31.5 Å². The van der Waals surface area contributed by atoms with Crippen molar-refractivity contribution in [2.24, 2.45) is 11.7 Å². The average Bonchev–Trinajstić information content (AvgIpc) is 2.70. The van der Waals surface area contributed by atoms with Gasteiger partial charge in [-0.15, -0.1) is 0 Å². The maximum absolute atomic E-state index is 11.6. The summed E-state index contributed by atoms with van der Waals surface area (Å²) >= 11 is 0. The van der Waals surface area contributed by atoms with Crippen molar-refractivity contribution in [1.82, 2.24) is 0 Å². The number of aryl methyl sites for hydroxylation is 1. The van der Waals surface area contributed by atoms with Crippen LogP contribution in [0.1, 0.15) is 5.56 Å². The second kappa shape index (κ2) is 9.51. The van der Waals surface area contributed by atoms with E-state index in [1.165, 1.54) is 0 Å². The van der Waals surface area contributed by atoms with Crippen molar-refractivity contribution in [3.05, 3.63) is 48.0 Å². The van der Waals surface area contributed by atoms with E-state index >= 15 is 0 Å². The Labute approximate surface area is 181 Å². The van der Waals surface area contributed by atoms with Gasteiger partial charge in [0.25, 0.3) is 0 Å². The molecule has 1 aliphatic heterocycles. The summed E-state index contributed by atoms with van der Waals surface area (Å²) in [5.74, 6) is -0.287. The number of anilines is 1. The molecule has 3 rings (SSSR count). The number of rotatable bonds is 7. The zero-order valence-electron chi connectivity index (χ0n) is 17.3. The quantitative estimate of drug-likeness (QED) is 0.406. The topological polar surface area (TPSA) is 151 Å². The first-order valence-corrected chi connectivity index (χ1v) is 11.7. The highest BCUT2D eigenvalue weighted by Crippen LogP contribution is 2.37. The van der Waals surface area contributed by atoms with Crippen LogP contribution in [0.4, 0.5) is 5.69 Å². The van der Waals surface area contributed by atoms with E-state index in [1.54, 1.807) is 30.3 Å². The van der Waals surface area contributed by atoms with E-state index in [2.05, 4.69) is 4.72 Å². The van der Waals surface area contributed by atoms with E-state index in [0.29, 0.717) is 22.6 Å². The molecule has 31 heavy (non-hydrogen) atoms. The summed E-state index contributed by atoms with van der Waals surface area (Å²) in [4.78, 5) is 0. The molecule has 1 fully saturated rings. The zero-order chi connectivity index (χ0) is 22.8. The molecular formula is C21H28N2O7S. The molecule has 5 atom stereocenters. The van der Waals surface area contributed by atoms with Crippen LogP contribution in [-0.2, 0) is 14.8 Å². The maximum atomic E-state index is 11.6. The molecule has 10 heteroatoms. The number of nitrogens with two attached hydrogens (primary N) is 1. The van der Waals surface area contributed by atoms with Crippen molar-refractivity contribution in [3.63, 3.8) is 0 Å². The number of benzene rings is 2. The Hall–Kier alpha value is -2.21. The Bertz CT molecular complexity index is 1010. The largest absolute Gasteiger partial charge is 0.464 e. The number of nitrogens with one attached hydrogen (secondary N) is 1. The van der Waals surface area contributed by atoms with E-state index in [9.17, 15) is 23.7 Å². The summed E-state index contributed by atoms with van der Waals surface area (Å²) in [7, 11) is -3.44. The Morgan fingerprint density at radius 1 is 1.16 bits per heavy atom. The third-order valence-electron chi connectivity index (χ3n) is 5.21. The van der Waals surface area contributed by atoms with Crippen LogP contribution in [-0.4, -0.2) is 67.7 Å². The minimum atomic E-state index is -3.44. The predicted molar refractivity (Wildman–Crippen MR) is 116 cm³/mol. The summed E-state index contributed by atoms with van der Waals surface area (Å²) < 4.78 is 37.4. The molecule has 0 saturated carbocycles. The number of sulfonamides is 1. The molecule has 0 aromatic heterocycles. The maximum Gasteiger partial charge on any atom is 0.229 e. The summed E-state index contributed by atoms with van der Waals surface area (Å²) in [6, 6.07) is 12.3. The number of aliphatic hydroxyl groups is 3. The minimum Gasteiger partial charge on any atom is -0.464 e. The first-order valence-electron chi connectivity index (χ1n) is 9.81. The lowest BCUT2D eigenvalue weighted by Crippen LogP contribution is -2.59. The van der Waals surface area contributed by atoms with Gasteiger partial charge < -0.3 is 30.5 Å². The molecule has 2 aromatic carbocycles. The Morgan fingerprint density at radius 2 is 1.87 bits per heavy atom. The minimum absolute atomic E-state index is 0.00401. The first-order chi connectivity index (χ1) is 14.6. The molecule has 2 aromatic rings. The monoisotopic (exact) mass is 452 g/mol. The number of hydrogen-bond donors (Lipinski definition) is 5. The van der Waals surface area contributed by atoms with E-state index in [1.807, 2.05) is 19.1 Å². The van der Waals surface area contributed by atoms with Gasteiger partial charge in [0.1, 0.15) is 18.0 Å². The molecule has 1 heterocycles. The Morgan fingerprint density at radius 3 is 2.52 bits per heavy atom. The van der Waals surface area contributed by atoms with Crippen LogP contribution in [0, 0.1) is 12.8 Å². The van der Waals surface area contributed by atoms with Gasteiger partial charge in [-0.05, 0) is 36.2 Å². The third kappa shape index (κ3) is 5.35. The number of ether oxygens (including phenoxy) is 2. The fourth-order valence-electron chi connectivity index (χ4n) is 3.69.